The summed E-state index contributed by atoms with van der Waals surface area (Å²) in [6.07, 6.45) is 5.61. The number of nitrogens with one attached hydrogen (secondary N) is 2. The maximum Gasteiger partial charge on any atom is 0.232 e. The molecule has 3 aromatic rings. The monoisotopic (exact) mass is 734 g/mol. The summed E-state index contributed by atoms with van der Waals surface area (Å²) in [5.74, 6) is 1.93. The number of anilines is 6. The first-order valence-corrected chi connectivity index (χ1v) is 18.4. The molecule has 4 heterocycles. The Hall–Kier alpha value is -3.04. The molecule has 15 heteroatoms. The molecule has 0 aliphatic carbocycles. The van der Waals surface area contributed by atoms with Gasteiger partial charge in [-0.3, -0.25) is 9.21 Å². The van der Waals surface area contributed by atoms with Crippen molar-refractivity contribution in [3.05, 3.63) is 45.5 Å². The van der Waals surface area contributed by atoms with E-state index in [4.69, 9.17) is 21.1 Å². The molecule has 0 atom stereocenters. The van der Waals surface area contributed by atoms with E-state index >= 15 is 0 Å². The number of benzene rings is 2. The number of hydrogen-bond donors (Lipinski definition) is 2. The lowest BCUT2D eigenvalue weighted by atomic mass is 10.0. The smallest absolute Gasteiger partial charge is 0.232 e. The van der Waals surface area contributed by atoms with Crippen LogP contribution in [0.1, 0.15) is 18.4 Å². The molecule has 0 spiro atoms. The zero-order valence-electron chi connectivity index (χ0n) is 26.5. The van der Waals surface area contributed by atoms with Crippen LogP contribution in [0.15, 0.2) is 34.9 Å². The topological polar surface area (TPSA) is 115 Å². The number of ether oxygens (including phenoxy) is 2. The average Bonchev–Trinajstić information content (AvgIpc) is 3.50. The second-order valence-electron chi connectivity index (χ2n) is 12.0. The van der Waals surface area contributed by atoms with Gasteiger partial charge in [-0.25, -0.2) is 13.4 Å². The summed E-state index contributed by atoms with van der Waals surface area (Å²) in [5, 5.41) is 6.74. The number of sulfonamides is 1. The second kappa shape index (κ2) is 13.6. The molecular weight excluding hydrogens is 696 g/mol. The molecule has 3 aliphatic heterocycles. The van der Waals surface area contributed by atoms with Crippen LogP contribution in [0.2, 0.25) is 5.02 Å². The molecular formula is C31H40BrClN8O4S. The number of aromatic nitrogens is 2. The van der Waals surface area contributed by atoms with E-state index in [9.17, 15) is 8.42 Å². The molecule has 0 saturated carbocycles. The Bertz CT molecular complexity index is 1700. The number of methoxy groups -OCH3 is 1. The van der Waals surface area contributed by atoms with E-state index in [1.54, 1.807) is 13.2 Å². The van der Waals surface area contributed by atoms with Gasteiger partial charge in [0.25, 0.3) is 0 Å². The number of likely N-dealkylation sites (N-methyl/N-ethyl adjacent to an activating group) is 1. The zero-order valence-corrected chi connectivity index (χ0v) is 29.7. The molecule has 46 heavy (non-hydrogen) atoms. The lowest BCUT2D eigenvalue weighted by molar-refractivity contribution is 0.0982. The van der Waals surface area contributed by atoms with Gasteiger partial charge in [0.05, 0.1) is 48.9 Å². The van der Waals surface area contributed by atoms with Crippen molar-refractivity contribution in [2.24, 2.45) is 0 Å². The molecule has 1 aromatic heterocycles. The number of hydrogen-bond acceptors (Lipinski definition) is 11. The van der Waals surface area contributed by atoms with E-state index in [0.717, 1.165) is 74.1 Å². The number of nitrogens with zero attached hydrogens (tertiary/aromatic N) is 6. The predicted molar refractivity (Wildman–Crippen MR) is 187 cm³/mol. The minimum absolute atomic E-state index is 0.267. The molecule has 0 radical (unpaired) electrons. The molecule has 2 fully saturated rings. The summed E-state index contributed by atoms with van der Waals surface area (Å²) < 4.78 is 38.6. The van der Waals surface area contributed by atoms with Gasteiger partial charge in [0.2, 0.25) is 16.0 Å². The molecule has 2 saturated heterocycles. The normalized spacial score (nSPS) is 17.8. The van der Waals surface area contributed by atoms with Crippen LogP contribution in [0.4, 0.5) is 34.5 Å². The molecule has 3 aliphatic rings. The van der Waals surface area contributed by atoms with E-state index in [1.165, 1.54) is 17.5 Å². The average molecular weight is 736 g/mol. The minimum atomic E-state index is -3.53. The van der Waals surface area contributed by atoms with Gasteiger partial charge in [0, 0.05) is 75.4 Å². The highest BCUT2D eigenvalue weighted by Crippen LogP contribution is 2.41. The van der Waals surface area contributed by atoms with Crippen LogP contribution in [-0.4, -0.2) is 108 Å². The standard InChI is InChI=1S/C31H40BrClN8O4S/c1-38-10-12-40(13-11-38)21-5-8-41(9-6-21)26-18-29(44-3)25(16-22(26)32)36-31-34-19-23(33)30(37-31)35-24-17-28-20(7-14-45-28)15-27(24)39(2)46(4,42)43/h15-19,21H,5-14H2,1-4H3,(H2,34,35,36,37). The maximum absolute atomic E-state index is 12.4. The van der Waals surface area contributed by atoms with Gasteiger partial charge in [-0.05, 0) is 53.5 Å². The first kappa shape index (κ1) is 32.9. The summed E-state index contributed by atoms with van der Waals surface area (Å²) in [5.41, 5.74) is 3.65. The first-order chi connectivity index (χ1) is 22.0. The maximum atomic E-state index is 12.4. The van der Waals surface area contributed by atoms with Crippen molar-refractivity contribution in [2.75, 3.05) is 93.2 Å². The molecule has 2 N–H and O–H groups in total. The third-order valence-electron chi connectivity index (χ3n) is 9.02. The van der Waals surface area contributed by atoms with Crippen molar-refractivity contribution < 1.29 is 17.9 Å². The Morgan fingerprint density at radius 2 is 1.80 bits per heavy atom. The fourth-order valence-electron chi connectivity index (χ4n) is 6.23. The predicted octanol–water partition coefficient (Wildman–Crippen LogP) is 4.94. The molecule has 0 bridgehead atoms. The molecule has 2 aromatic carbocycles. The van der Waals surface area contributed by atoms with Gasteiger partial charge < -0.3 is 29.9 Å². The number of rotatable bonds is 9. The fourth-order valence-corrected chi connectivity index (χ4v) is 7.47. The van der Waals surface area contributed by atoms with E-state index in [-0.39, 0.29) is 11.0 Å². The van der Waals surface area contributed by atoms with Gasteiger partial charge in [-0.15, -0.1) is 0 Å². The van der Waals surface area contributed by atoms with Crippen LogP contribution in [0.3, 0.4) is 0 Å². The summed E-state index contributed by atoms with van der Waals surface area (Å²) in [7, 11) is 1.82. The third-order valence-corrected chi connectivity index (χ3v) is 11.1. The second-order valence-corrected chi connectivity index (χ2v) is 15.3. The number of fused-ring (bicyclic) bond motifs is 1. The highest BCUT2D eigenvalue weighted by molar-refractivity contribution is 9.10. The minimum Gasteiger partial charge on any atom is -0.494 e. The Balaban J connectivity index is 1.20. The number of piperidine rings is 1. The Kier molecular flexibility index (Phi) is 9.72. The van der Waals surface area contributed by atoms with Crippen molar-refractivity contribution in [1.82, 2.24) is 19.8 Å². The van der Waals surface area contributed by atoms with Crippen molar-refractivity contribution in [3.8, 4) is 11.5 Å². The van der Waals surface area contributed by atoms with Gasteiger partial charge in [0.1, 0.15) is 16.5 Å². The van der Waals surface area contributed by atoms with Crippen molar-refractivity contribution in [1.29, 1.82) is 0 Å². The molecule has 6 rings (SSSR count). The first-order valence-electron chi connectivity index (χ1n) is 15.4. The van der Waals surface area contributed by atoms with Crippen LogP contribution in [0.5, 0.6) is 11.5 Å². The van der Waals surface area contributed by atoms with Crippen molar-refractivity contribution >= 4 is 72.1 Å². The molecule has 0 amide bonds. The number of piperazine rings is 1. The lowest BCUT2D eigenvalue weighted by Gasteiger charge is -2.42. The van der Waals surface area contributed by atoms with E-state index in [0.29, 0.717) is 53.4 Å². The van der Waals surface area contributed by atoms with Crippen molar-refractivity contribution in [2.45, 2.75) is 25.3 Å². The summed E-state index contributed by atoms with van der Waals surface area (Å²) in [4.78, 5) is 16.5. The quantitative estimate of drug-likeness (QED) is 0.312. The molecule has 248 valence electrons. The van der Waals surface area contributed by atoms with Crippen LogP contribution in [0.25, 0.3) is 0 Å². The van der Waals surface area contributed by atoms with E-state index in [2.05, 4.69) is 58.3 Å². The van der Waals surface area contributed by atoms with Gasteiger partial charge in [-0.1, -0.05) is 11.6 Å². The van der Waals surface area contributed by atoms with Crippen LogP contribution < -0.4 is 29.3 Å². The Labute approximate surface area is 284 Å². The molecule has 0 unspecified atom stereocenters. The summed E-state index contributed by atoms with van der Waals surface area (Å²) in [6, 6.07) is 8.23. The van der Waals surface area contributed by atoms with E-state index < -0.39 is 10.0 Å². The zero-order chi connectivity index (χ0) is 32.6. The third kappa shape index (κ3) is 7.10. The number of halogens is 2. The fraction of sp³-hybridized carbons (Fsp3) is 0.484. The van der Waals surface area contributed by atoms with Crippen LogP contribution in [-0.2, 0) is 16.4 Å². The highest BCUT2D eigenvalue weighted by Gasteiger charge is 2.28. The SMILES string of the molecule is COc1cc(N2CCC(N3CCN(C)CC3)CC2)c(Br)cc1Nc1ncc(Cl)c(Nc2cc3c(cc2N(C)S(C)(=O)=O)CCO3)n1. The summed E-state index contributed by atoms with van der Waals surface area (Å²) >= 11 is 10.3. The molecule has 12 nitrogen and oxygen atoms in total. The lowest BCUT2D eigenvalue weighted by Crippen LogP contribution is -2.52. The van der Waals surface area contributed by atoms with E-state index in [1.807, 2.05) is 18.2 Å². The van der Waals surface area contributed by atoms with Gasteiger partial charge >= 0.3 is 0 Å². The Morgan fingerprint density at radius 1 is 1.07 bits per heavy atom. The van der Waals surface area contributed by atoms with Crippen molar-refractivity contribution in [3.63, 3.8) is 0 Å². The Morgan fingerprint density at radius 3 is 2.50 bits per heavy atom. The van der Waals surface area contributed by atoms with Gasteiger partial charge in [-0.2, -0.15) is 4.98 Å². The van der Waals surface area contributed by atoms with Crippen LogP contribution in [0, 0.1) is 0 Å². The van der Waals surface area contributed by atoms with Crippen LogP contribution >= 0.6 is 27.5 Å². The largest absolute Gasteiger partial charge is 0.494 e. The summed E-state index contributed by atoms with van der Waals surface area (Å²) in [6.45, 7) is 7.05. The van der Waals surface area contributed by atoms with Gasteiger partial charge in [0.15, 0.2) is 5.82 Å². The highest BCUT2D eigenvalue weighted by atomic mass is 79.9.